The van der Waals surface area contributed by atoms with Gasteiger partial charge in [-0.1, -0.05) is 6.92 Å². The predicted octanol–water partition coefficient (Wildman–Crippen LogP) is 1.06. The lowest BCUT2D eigenvalue weighted by molar-refractivity contribution is -0.134. The van der Waals surface area contributed by atoms with Crippen molar-refractivity contribution < 1.29 is 4.79 Å². The molecule has 1 amide bonds. The molecule has 0 aromatic carbocycles. The summed E-state index contributed by atoms with van der Waals surface area (Å²) in [5.41, 5.74) is 5.60. The smallest absolute Gasteiger partial charge is 0.222 e. The molecule has 2 fully saturated rings. The average molecular weight is 253 g/mol. The van der Waals surface area contributed by atoms with Gasteiger partial charge < -0.3 is 10.6 Å². The van der Waals surface area contributed by atoms with Crippen LogP contribution in [0.25, 0.3) is 0 Å². The van der Waals surface area contributed by atoms with Crippen molar-refractivity contribution in [2.24, 2.45) is 11.7 Å². The van der Waals surface area contributed by atoms with Gasteiger partial charge in [0.15, 0.2) is 0 Å². The van der Waals surface area contributed by atoms with Crippen LogP contribution < -0.4 is 5.73 Å². The standard InChI is InChI=1S/C14H27N3O/c1-12(10-15)9-14(18)17-8-4-5-13(11-17)16-6-2-3-7-16/h12-13H,2-11,15H2,1H3. The van der Waals surface area contributed by atoms with Crippen LogP contribution in [0, 0.1) is 5.92 Å². The fraction of sp³-hybridized carbons (Fsp3) is 0.929. The lowest BCUT2D eigenvalue weighted by atomic mass is 10.0. The number of rotatable bonds is 4. The predicted molar refractivity (Wildman–Crippen MR) is 73.2 cm³/mol. The van der Waals surface area contributed by atoms with E-state index in [2.05, 4.69) is 16.7 Å². The number of hydrogen-bond donors (Lipinski definition) is 1. The minimum Gasteiger partial charge on any atom is -0.341 e. The number of amides is 1. The molecule has 0 bridgehead atoms. The summed E-state index contributed by atoms with van der Waals surface area (Å²) in [6, 6.07) is 0.610. The zero-order valence-electron chi connectivity index (χ0n) is 11.6. The zero-order valence-corrected chi connectivity index (χ0v) is 11.6. The Balaban J connectivity index is 1.83. The highest BCUT2D eigenvalue weighted by Gasteiger charge is 2.29. The number of piperidine rings is 1. The molecule has 2 N–H and O–H groups in total. The van der Waals surface area contributed by atoms with E-state index < -0.39 is 0 Å². The third kappa shape index (κ3) is 3.45. The van der Waals surface area contributed by atoms with E-state index in [9.17, 15) is 4.79 Å². The van der Waals surface area contributed by atoms with Crippen LogP contribution in [0.2, 0.25) is 0 Å². The van der Waals surface area contributed by atoms with Gasteiger partial charge in [0.05, 0.1) is 0 Å². The van der Waals surface area contributed by atoms with E-state index in [-0.39, 0.29) is 0 Å². The summed E-state index contributed by atoms with van der Waals surface area (Å²) >= 11 is 0. The van der Waals surface area contributed by atoms with Crippen molar-refractivity contribution >= 4 is 5.91 Å². The van der Waals surface area contributed by atoms with E-state index in [4.69, 9.17) is 5.73 Å². The summed E-state index contributed by atoms with van der Waals surface area (Å²) in [4.78, 5) is 16.8. The minimum absolute atomic E-state index is 0.303. The number of hydrogen-bond acceptors (Lipinski definition) is 3. The molecule has 104 valence electrons. The van der Waals surface area contributed by atoms with Crippen molar-refractivity contribution in [3.63, 3.8) is 0 Å². The van der Waals surface area contributed by atoms with E-state index in [0.29, 0.717) is 30.8 Å². The lowest BCUT2D eigenvalue weighted by Crippen LogP contribution is -2.49. The number of nitrogens with two attached hydrogens (primary N) is 1. The second kappa shape index (κ2) is 6.53. The largest absolute Gasteiger partial charge is 0.341 e. The van der Waals surface area contributed by atoms with E-state index in [0.717, 1.165) is 19.5 Å². The number of likely N-dealkylation sites (tertiary alicyclic amines) is 2. The molecule has 2 saturated heterocycles. The molecule has 0 radical (unpaired) electrons. The Hall–Kier alpha value is -0.610. The van der Waals surface area contributed by atoms with Crippen LogP contribution in [0.5, 0.6) is 0 Å². The van der Waals surface area contributed by atoms with Crippen LogP contribution in [-0.4, -0.2) is 54.5 Å². The summed E-state index contributed by atoms with van der Waals surface area (Å²) in [5, 5.41) is 0. The van der Waals surface area contributed by atoms with Gasteiger partial charge >= 0.3 is 0 Å². The van der Waals surface area contributed by atoms with E-state index in [1.165, 1.54) is 32.4 Å². The summed E-state index contributed by atoms with van der Waals surface area (Å²) in [6.45, 7) is 7.00. The quantitative estimate of drug-likeness (QED) is 0.815. The number of carbonyl (C=O) groups excluding carboxylic acids is 1. The Morgan fingerprint density at radius 3 is 2.67 bits per heavy atom. The first-order valence-corrected chi connectivity index (χ1v) is 7.42. The van der Waals surface area contributed by atoms with E-state index >= 15 is 0 Å². The highest BCUT2D eigenvalue weighted by atomic mass is 16.2. The van der Waals surface area contributed by atoms with Gasteiger partial charge in [0, 0.05) is 25.6 Å². The van der Waals surface area contributed by atoms with Crippen LogP contribution in [-0.2, 0) is 4.79 Å². The van der Waals surface area contributed by atoms with Crippen molar-refractivity contribution in [3.8, 4) is 0 Å². The molecule has 4 heteroatoms. The molecule has 2 heterocycles. The maximum absolute atomic E-state index is 12.2. The molecule has 0 aromatic rings. The molecular formula is C14H27N3O. The first-order chi connectivity index (χ1) is 8.70. The summed E-state index contributed by atoms with van der Waals surface area (Å²) < 4.78 is 0. The molecule has 2 aliphatic heterocycles. The number of carbonyl (C=O) groups is 1. The van der Waals surface area contributed by atoms with E-state index in [1.807, 2.05) is 0 Å². The molecule has 0 aliphatic carbocycles. The Kier molecular flexibility index (Phi) is 5.01. The second-order valence-electron chi connectivity index (χ2n) is 5.92. The van der Waals surface area contributed by atoms with Crippen molar-refractivity contribution in [3.05, 3.63) is 0 Å². The molecule has 2 unspecified atom stereocenters. The second-order valence-corrected chi connectivity index (χ2v) is 5.92. The van der Waals surface area contributed by atoms with Crippen LogP contribution in [0.15, 0.2) is 0 Å². The minimum atomic E-state index is 0.303. The third-order valence-electron chi connectivity index (χ3n) is 4.33. The van der Waals surface area contributed by atoms with Gasteiger partial charge in [-0.3, -0.25) is 9.69 Å². The van der Waals surface area contributed by atoms with Gasteiger partial charge in [-0.25, -0.2) is 0 Å². The summed E-state index contributed by atoms with van der Waals surface area (Å²) in [6.07, 6.45) is 5.69. The van der Waals surface area contributed by atoms with Gasteiger partial charge in [-0.05, 0) is 51.2 Å². The summed E-state index contributed by atoms with van der Waals surface area (Å²) in [5.74, 6) is 0.613. The van der Waals surface area contributed by atoms with Gasteiger partial charge in [0.25, 0.3) is 0 Å². The van der Waals surface area contributed by atoms with Gasteiger partial charge in [-0.15, -0.1) is 0 Å². The maximum atomic E-state index is 12.2. The maximum Gasteiger partial charge on any atom is 0.222 e. The SMILES string of the molecule is CC(CN)CC(=O)N1CCCC(N2CCCC2)C1. The topological polar surface area (TPSA) is 49.6 Å². The molecule has 0 spiro atoms. The van der Waals surface area contributed by atoms with Crippen molar-refractivity contribution in [1.29, 1.82) is 0 Å². The lowest BCUT2D eigenvalue weighted by Gasteiger charge is -2.38. The fourth-order valence-electron chi connectivity index (χ4n) is 3.10. The highest BCUT2D eigenvalue weighted by molar-refractivity contribution is 5.76. The van der Waals surface area contributed by atoms with Gasteiger partial charge in [0.2, 0.25) is 5.91 Å². The zero-order chi connectivity index (χ0) is 13.0. The fourth-order valence-corrected chi connectivity index (χ4v) is 3.10. The number of nitrogens with zero attached hydrogens (tertiary/aromatic N) is 2. The van der Waals surface area contributed by atoms with Crippen LogP contribution >= 0.6 is 0 Å². The van der Waals surface area contributed by atoms with E-state index in [1.54, 1.807) is 0 Å². The molecule has 2 atom stereocenters. The Labute approximate surface area is 110 Å². The van der Waals surface area contributed by atoms with Gasteiger partial charge in [0.1, 0.15) is 0 Å². The Bertz CT molecular complexity index is 276. The van der Waals surface area contributed by atoms with Crippen molar-refractivity contribution in [2.75, 3.05) is 32.7 Å². The summed E-state index contributed by atoms with van der Waals surface area (Å²) in [7, 11) is 0. The first kappa shape index (κ1) is 13.8. The van der Waals surface area contributed by atoms with Crippen molar-refractivity contribution in [1.82, 2.24) is 9.80 Å². The van der Waals surface area contributed by atoms with Gasteiger partial charge in [-0.2, -0.15) is 0 Å². The third-order valence-corrected chi connectivity index (χ3v) is 4.33. The average Bonchev–Trinajstić information content (AvgIpc) is 2.92. The first-order valence-electron chi connectivity index (χ1n) is 7.42. The molecular weight excluding hydrogens is 226 g/mol. The van der Waals surface area contributed by atoms with Crippen LogP contribution in [0.1, 0.15) is 39.0 Å². The van der Waals surface area contributed by atoms with Crippen LogP contribution in [0.4, 0.5) is 0 Å². The monoisotopic (exact) mass is 253 g/mol. The molecule has 2 aliphatic rings. The van der Waals surface area contributed by atoms with Crippen LogP contribution in [0.3, 0.4) is 0 Å². The Morgan fingerprint density at radius 1 is 1.28 bits per heavy atom. The molecule has 0 aromatic heterocycles. The molecule has 18 heavy (non-hydrogen) atoms. The van der Waals surface area contributed by atoms with Crippen molar-refractivity contribution in [2.45, 2.75) is 45.1 Å². The molecule has 4 nitrogen and oxygen atoms in total. The Morgan fingerprint density at radius 2 is 2.00 bits per heavy atom. The normalized spacial score (nSPS) is 27.4. The molecule has 0 saturated carbocycles. The highest BCUT2D eigenvalue weighted by Crippen LogP contribution is 2.21. The molecule has 2 rings (SSSR count).